The lowest BCUT2D eigenvalue weighted by atomic mass is 9.32. The van der Waals surface area contributed by atoms with Crippen LogP contribution in [0.4, 0.5) is 0 Å². The number of nitrogens with two attached hydrogens (primary N) is 1. The van der Waals surface area contributed by atoms with Gasteiger partial charge >= 0.3 is 5.97 Å². The van der Waals surface area contributed by atoms with Crippen molar-refractivity contribution in [1.29, 1.82) is 0 Å². The standard InChI is InChI=1S/C30H49NO3/c1-18(2)19-9-14-30(25(33)34)16-15-28(5)20(24(19)30)7-8-22-26(3)12-11-23(31)27(4,17-32)21(26)10-13-29(22,28)6/h19-24,32H,1,7-17,31H2,2-6H3,(H,33,34)/t19-,20+,21+,22+,23?,24+,26-,27-,28+,29+,30-/m0/s1. The smallest absolute Gasteiger partial charge is 0.309 e. The summed E-state index contributed by atoms with van der Waals surface area (Å²) >= 11 is 0. The van der Waals surface area contributed by atoms with Gasteiger partial charge in [-0.15, -0.1) is 0 Å². The van der Waals surface area contributed by atoms with Crippen LogP contribution in [0.2, 0.25) is 0 Å². The van der Waals surface area contributed by atoms with Crippen molar-refractivity contribution in [3.05, 3.63) is 12.2 Å². The molecule has 192 valence electrons. The summed E-state index contributed by atoms with van der Waals surface area (Å²) in [6, 6.07) is 0.0764. The third-order valence-corrected chi connectivity index (χ3v) is 13.7. The topological polar surface area (TPSA) is 83.5 Å². The van der Waals surface area contributed by atoms with Crippen molar-refractivity contribution < 1.29 is 15.0 Å². The highest BCUT2D eigenvalue weighted by molar-refractivity contribution is 5.76. The van der Waals surface area contributed by atoms with E-state index in [4.69, 9.17) is 5.73 Å². The summed E-state index contributed by atoms with van der Waals surface area (Å²) < 4.78 is 0. The van der Waals surface area contributed by atoms with Gasteiger partial charge in [-0.1, -0.05) is 39.8 Å². The molecule has 0 spiro atoms. The summed E-state index contributed by atoms with van der Waals surface area (Å²) in [4.78, 5) is 12.8. The number of rotatable bonds is 3. The molecule has 34 heavy (non-hydrogen) atoms. The monoisotopic (exact) mass is 471 g/mol. The summed E-state index contributed by atoms with van der Waals surface area (Å²) in [7, 11) is 0. The van der Waals surface area contributed by atoms with E-state index < -0.39 is 11.4 Å². The molecule has 11 atom stereocenters. The predicted octanol–water partition coefficient (Wildman–Crippen LogP) is 6.03. The van der Waals surface area contributed by atoms with E-state index in [0.717, 1.165) is 51.4 Å². The van der Waals surface area contributed by atoms with E-state index in [1.165, 1.54) is 18.4 Å². The van der Waals surface area contributed by atoms with Crippen LogP contribution >= 0.6 is 0 Å². The van der Waals surface area contributed by atoms with Gasteiger partial charge in [-0.25, -0.2) is 0 Å². The lowest BCUT2D eigenvalue weighted by Gasteiger charge is -2.73. The molecule has 0 amide bonds. The minimum atomic E-state index is -0.550. The summed E-state index contributed by atoms with van der Waals surface area (Å²) in [5, 5.41) is 21.0. The fourth-order valence-corrected chi connectivity index (χ4v) is 11.6. The molecule has 0 aromatic carbocycles. The molecule has 5 saturated carbocycles. The normalized spacial score (nSPS) is 56.6. The number of aliphatic carboxylic acids is 1. The second kappa shape index (κ2) is 7.57. The van der Waals surface area contributed by atoms with Gasteiger partial charge < -0.3 is 15.9 Å². The number of carboxylic acid groups (broad SMARTS) is 1. The van der Waals surface area contributed by atoms with Crippen LogP contribution in [0.25, 0.3) is 0 Å². The Balaban J connectivity index is 1.56. The minimum absolute atomic E-state index is 0.0764. The molecule has 5 rings (SSSR count). The molecule has 0 aliphatic heterocycles. The number of allylic oxidation sites excluding steroid dienone is 1. The van der Waals surface area contributed by atoms with Gasteiger partial charge in [0, 0.05) is 11.5 Å². The highest BCUT2D eigenvalue weighted by atomic mass is 16.4. The SMILES string of the molecule is C=C(C)[C@@H]1CC[C@]2(C(=O)O)CC[C@]3(C)[C@H](CC[C@@H]4[C@@]5(C)CCC(N)[C@@](C)(CO)[C@@H]5CC[C@]43C)[C@@H]12. The first-order valence-corrected chi connectivity index (χ1v) is 14.1. The average molecular weight is 472 g/mol. The Morgan fingerprint density at radius 1 is 0.912 bits per heavy atom. The molecule has 4 heteroatoms. The van der Waals surface area contributed by atoms with E-state index in [1.54, 1.807) is 0 Å². The van der Waals surface area contributed by atoms with Crippen LogP contribution in [0.15, 0.2) is 12.2 Å². The molecule has 0 bridgehead atoms. The number of fused-ring (bicyclic) bond motifs is 7. The largest absolute Gasteiger partial charge is 0.481 e. The molecule has 0 saturated heterocycles. The first-order valence-electron chi connectivity index (χ1n) is 14.1. The van der Waals surface area contributed by atoms with Gasteiger partial charge in [0.2, 0.25) is 0 Å². The van der Waals surface area contributed by atoms with E-state index in [-0.39, 0.29) is 40.2 Å². The molecule has 0 radical (unpaired) electrons. The van der Waals surface area contributed by atoms with Crippen LogP contribution in [0, 0.1) is 56.7 Å². The molecule has 5 fully saturated rings. The summed E-state index contributed by atoms with van der Waals surface area (Å²) in [5.41, 5.74) is 7.63. The fraction of sp³-hybridized carbons (Fsp3) is 0.900. The van der Waals surface area contributed by atoms with Crippen molar-refractivity contribution in [2.45, 2.75) is 105 Å². The molecule has 0 heterocycles. The zero-order valence-electron chi connectivity index (χ0n) is 22.3. The molecule has 0 aromatic rings. The van der Waals surface area contributed by atoms with E-state index in [2.05, 4.69) is 41.2 Å². The van der Waals surface area contributed by atoms with E-state index >= 15 is 0 Å². The molecule has 4 nitrogen and oxygen atoms in total. The van der Waals surface area contributed by atoms with E-state index in [0.29, 0.717) is 23.7 Å². The first-order chi connectivity index (χ1) is 15.8. The van der Waals surface area contributed by atoms with Crippen molar-refractivity contribution in [2.24, 2.45) is 62.4 Å². The van der Waals surface area contributed by atoms with Crippen LogP contribution < -0.4 is 5.73 Å². The quantitative estimate of drug-likeness (QED) is 0.439. The Labute approximate surface area is 207 Å². The van der Waals surface area contributed by atoms with Gasteiger partial charge in [0.15, 0.2) is 0 Å². The van der Waals surface area contributed by atoms with Crippen LogP contribution in [0.1, 0.15) is 98.8 Å². The maximum atomic E-state index is 12.8. The van der Waals surface area contributed by atoms with E-state index in [9.17, 15) is 15.0 Å². The number of hydrogen-bond acceptors (Lipinski definition) is 3. The van der Waals surface area contributed by atoms with Gasteiger partial charge in [-0.05, 0) is 117 Å². The predicted molar refractivity (Wildman–Crippen MR) is 136 cm³/mol. The van der Waals surface area contributed by atoms with E-state index in [1.807, 2.05) is 0 Å². The van der Waals surface area contributed by atoms with Crippen LogP contribution in [0.5, 0.6) is 0 Å². The van der Waals surface area contributed by atoms with Gasteiger partial charge in [0.1, 0.15) is 0 Å². The van der Waals surface area contributed by atoms with Gasteiger partial charge in [-0.2, -0.15) is 0 Å². The zero-order chi connectivity index (χ0) is 24.9. The summed E-state index contributed by atoms with van der Waals surface area (Å²) in [6.45, 7) is 16.6. The van der Waals surface area contributed by atoms with Crippen LogP contribution in [-0.4, -0.2) is 28.8 Å². The number of aliphatic hydroxyl groups excluding tert-OH is 1. The maximum Gasteiger partial charge on any atom is 0.309 e. The molecular weight excluding hydrogens is 422 g/mol. The number of carbonyl (C=O) groups is 1. The Bertz CT molecular complexity index is 886. The second-order valence-corrected chi connectivity index (χ2v) is 14.5. The highest BCUT2D eigenvalue weighted by Gasteiger charge is 2.72. The van der Waals surface area contributed by atoms with Gasteiger partial charge in [0.05, 0.1) is 12.0 Å². The maximum absolute atomic E-state index is 12.8. The van der Waals surface area contributed by atoms with Crippen molar-refractivity contribution in [3.8, 4) is 0 Å². The molecule has 5 aliphatic carbocycles. The van der Waals surface area contributed by atoms with Gasteiger partial charge in [0.25, 0.3) is 0 Å². The van der Waals surface area contributed by atoms with Crippen LogP contribution in [0.3, 0.4) is 0 Å². The Morgan fingerprint density at radius 3 is 2.24 bits per heavy atom. The molecule has 0 aromatic heterocycles. The Morgan fingerprint density at radius 2 is 1.62 bits per heavy atom. The molecule has 5 aliphatic rings. The molecule has 1 unspecified atom stereocenters. The third kappa shape index (κ3) is 2.76. The highest BCUT2D eigenvalue weighted by Crippen LogP contribution is 2.77. The first kappa shape index (κ1) is 24.8. The lowest BCUT2D eigenvalue weighted by molar-refractivity contribution is -0.243. The number of hydrogen-bond donors (Lipinski definition) is 3. The lowest BCUT2D eigenvalue weighted by Crippen LogP contribution is -2.68. The Kier molecular flexibility index (Phi) is 5.52. The third-order valence-electron chi connectivity index (χ3n) is 13.7. The summed E-state index contributed by atoms with van der Waals surface area (Å²) in [6.07, 6.45) is 10.5. The second-order valence-electron chi connectivity index (χ2n) is 14.5. The number of aliphatic hydroxyl groups is 1. The number of carboxylic acids is 1. The minimum Gasteiger partial charge on any atom is -0.481 e. The Hall–Kier alpha value is -0.870. The molecular formula is C30H49NO3. The average Bonchev–Trinajstić information content (AvgIpc) is 3.18. The van der Waals surface area contributed by atoms with Gasteiger partial charge in [-0.3, -0.25) is 4.79 Å². The van der Waals surface area contributed by atoms with Crippen molar-refractivity contribution in [3.63, 3.8) is 0 Å². The van der Waals surface area contributed by atoms with Crippen molar-refractivity contribution >= 4 is 5.97 Å². The van der Waals surface area contributed by atoms with Crippen LogP contribution in [-0.2, 0) is 4.79 Å². The molecule has 4 N–H and O–H groups in total. The zero-order valence-corrected chi connectivity index (χ0v) is 22.3. The summed E-state index contributed by atoms with van der Waals surface area (Å²) in [5.74, 6) is 1.55. The van der Waals surface area contributed by atoms with Crippen molar-refractivity contribution in [2.75, 3.05) is 6.61 Å². The fourth-order valence-electron chi connectivity index (χ4n) is 11.6. The van der Waals surface area contributed by atoms with Crippen molar-refractivity contribution in [1.82, 2.24) is 0 Å².